The Morgan fingerprint density at radius 3 is 2.63 bits per heavy atom. The summed E-state index contributed by atoms with van der Waals surface area (Å²) in [4.78, 5) is 40.2. The number of ether oxygens (including phenoxy) is 1. The van der Waals surface area contributed by atoms with E-state index in [1.165, 1.54) is 21.7 Å². The highest BCUT2D eigenvalue weighted by atomic mass is 19.1. The number of nitrogens with one attached hydrogen (secondary N) is 1. The van der Waals surface area contributed by atoms with Crippen molar-refractivity contribution < 1.29 is 28.2 Å². The number of carbonyl (C=O) groups excluding carboxylic acids is 2. The summed E-state index contributed by atoms with van der Waals surface area (Å²) in [5.74, 6) is -3.90. The largest absolute Gasteiger partial charge is 0.503 e. The predicted molar refractivity (Wildman–Crippen MR) is 120 cm³/mol. The van der Waals surface area contributed by atoms with Crippen molar-refractivity contribution in [2.75, 3.05) is 0 Å². The first-order valence-electron chi connectivity index (χ1n) is 11.0. The molecule has 35 heavy (non-hydrogen) atoms. The number of aromatic hydroxyl groups is 1. The number of aromatic nitrogens is 1. The molecule has 8 nitrogen and oxygen atoms in total. The number of halogens is 2. The molecule has 2 N–H and O–H groups in total. The van der Waals surface area contributed by atoms with Crippen molar-refractivity contribution in [2.24, 2.45) is 0 Å². The molecule has 0 spiro atoms. The van der Waals surface area contributed by atoms with Crippen LogP contribution >= 0.6 is 0 Å². The minimum absolute atomic E-state index is 0.0214. The van der Waals surface area contributed by atoms with E-state index in [4.69, 9.17) is 4.74 Å². The molecule has 10 heteroatoms. The summed E-state index contributed by atoms with van der Waals surface area (Å²) in [7, 11) is 0. The second-order valence-corrected chi connectivity index (χ2v) is 8.51. The third-order valence-electron chi connectivity index (χ3n) is 6.36. The highest BCUT2D eigenvalue weighted by molar-refractivity contribution is 5.99. The molecule has 2 amide bonds. The predicted octanol–water partition coefficient (Wildman–Crippen LogP) is 2.70. The van der Waals surface area contributed by atoms with E-state index in [2.05, 4.69) is 5.32 Å². The van der Waals surface area contributed by atoms with Gasteiger partial charge in [0, 0.05) is 24.4 Å². The van der Waals surface area contributed by atoms with Gasteiger partial charge in [0.15, 0.2) is 17.7 Å². The van der Waals surface area contributed by atoms with E-state index in [0.717, 1.165) is 11.6 Å². The maximum Gasteiger partial charge on any atom is 0.276 e. The zero-order valence-corrected chi connectivity index (χ0v) is 18.6. The Bertz CT molecular complexity index is 1390. The average molecular weight is 481 g/mol. The van der Waals surface area contributed by atoms with Gasteiger partial charge in [-0.1, -0.05) is 36.4 Å². The van der Waals surface area contributed by atoms with E-state index in [-0.39, 0.29) is 30.4 Å². The fourth-order valence-corrected chi connectivity index (χ4v) is 4.61. The maximum atomic E-state index is 13.9. The SMILES string of the molecule is C[C@@H]1[C@H](c2ccccc2)O[C@@H]2Cn3cc(C(=O)NCc4ccc(F)cc4F)c(=O)c(O)c3C(=O)N12. The van der Waals surface area contributed by atoms with Crippen LogP contribution in [0.1, 0.15) is 45.0 Å². The number of amides is 2. The Kier molecular flexibility index (Phi) is 5.60. The lowest BCUT2D eigenvalue weighted by molar-refractivity contribution is -0.0154. The maximum absolute atomic E-state index is 13.9. The number of nitrogens with zero attached hydrogens (tertiary/aromatic N) is 2. The molecule has 3 atom stereocenters. The van der Waals surface area contributed by atoms with Crippen LogP contribution in [0.25, 0.3) is 0 Å². The lowest BCUT2D eigenvalue weighted by Crippen LogP contribution is -2.49. The van der Waals surface area contributed by atoms with Crippen LogP contribution in [0, 0.1) is 11.6 Å². The summed E-state index contributed by atoms with van der Waals surface area (Å²) in [5, 5.41) is 13.0. The van der Waals surface area contributed by atoms with Gasteiger partial charge in [-0.15, -0.1) is 0 Å². The molecule has 5 rings (SSSR count). The van der Waals surface area contributed by atoms with Crippen molar-refractivity contribution in [3.05, 3.63) is 99.0 Å². The van der Waals surface area contributed by atoms with Crippen LogP contribution in [-0.2, 0) is 17.8 Å². The van der Waals surface area contributed by atoms with Crippen LogP contribution in [0.4, 0.5) is 8.78 Å². The molecule has 1 fully saturated rings. The summed E-state index contributed by atoms with van der Waals surface area (Å²) in [6.45, 7) is 1.62. The van der Waals surface area contributed by atoms with Crippen LogP contribution < -0.4 is 10.7 Å². The van der Waals surface area contributed by atoms with Crippen LogP contribution in [0.15, 0.2) is 59.5 Å². The van der Waals surface area contributed by atoms with Gasteiger partial charge in [0.1, 0.15) is 23.3 Å². The molecule has 0 radical (unpaired) electrons. The van der Waals surface area contributed by atoms with E-state index in [0.29, 0.717) is 6.07 Å². The number of rotatable bonds is 4. The van der Waals surface area contributed by atoms with Gasteiger partial charge in [-0.2, -0.15) is 0 Å². The summed E-state index contributed by atoms with van der Waals surface area (Å²) >= 11 is 0. The lowest BCUT2D eigenvalue weighted by atomic mass is 10.0. The van der Waals surface area contributed by atoms with E-state index < -0.39 is 52.5 Å². The quantitative estimate of drug-likeness (QED) is 0.597. The molecule has 1 aromatic heterocycles. The highest BCUT2D eigenvalue weighted by Crippen LogP contribution is 2.39. The Balaban J connectivity index is 1.42. The monoisotopic (exact) mass is 481 g/mol. The third-order valence-corrected chi connectivity index (χ3v) is 6.36. The zero-order valence-electron chi connectivity index (χ0n) is 18.6. The first kappa shape index (κ1) is 22.7. The minimum Gasteiger partial charge on any atom is -0.503 e. The van der Waals surface area contributed by atoms with Crippen molar-refractivity contribution in [3.63, 3.8) is 0 Å². The van der Waals surface area contributed by atoms with Crippen molar-refractivity contribution in [1.29, 1.82) is 0 Å². The Morgan fingerprint density at radius 2 is 1.91 bits per heavy atom. The van der Waals surface area contributed by atoms with Crippen molar-refractivity contribution in [1.82, 2.24) is 14.8 Å². The van der Waals surface area contributed by atoms with Gasteiger partial charge in [0.05, 0.1) is 12.6 Å². The van der Waals surface area contributed by atoms with Crippen LogP contribution in [-0.4, -0.2) is 38.7 Å². The van der Waals surface area contributed by atoms with Gasteiger partial charge < -0.3 is 24.6 Å². The molecule has 0 bridgehead atoms. The number of hydrogen-bond donors (Lipinski definition) is 2. The lowest BCUT2D eigenvalue weighted by Gasteiger charge is -2.33. The van der Waals surface area contributed by atoms with E-state index >= 15 is 0 Å². The van der Waals surface area contributed by atoms with Crippen molar-refractivity contribution in [2.45, 2.75) is 38.4 Å². The molecule has 0 aliphatic carbocycles. The smallest absolute Gasteiger partial charge is 0.276 e. The van der Waals surface area contributed by atoms with Crippen molar-refractivity contribution >= 4 is 11.8 Å². The average Bonchev–Trinajstić information content (AvgIpc) is 3.17. The van der Waals surface area contributed by atoms with Crippen molar-refractivity contribution in [3.8, 4) is 5.75 Å². The standard InChI is InChI=1S/C25H21F2N3O5/c1-13-23(14-5-3-2-4-6-14)35-19-12-29-11-17(21(31)22(32)20(29)25(34)30(13)19)24(33)28-10-15-7-8-16(26)9-18(15)27/h2-9,11,13,19,23,32H,10,12H2,1H3,(H,28,33)/t13-,19-,23-/m1/s1. The number of benzene rings is 2. The number of carbonyl (C=O) groups is 2. The molecule has 3 heterocycles. The zero-order chi connectivity index (χ0) is 24.9. The molecule has 3 aromatic rings. The first-order valence-corrected chi connectivity index (χ1v) is 11.0. The second-order valence-electron chi connectivity index (χ2n) is 8.51. The fraction of sp³-hybridized carbons (Fsp3) is 0.240. The van der Waals surface area contributed by atoms with E-state index in [9.17, 15) is 28.3 Å². The molecular formula is C25H21F2N3O5. The molecule has 180 valence electrons. The van der Waals surface area contributed by atoms with E-state index in [1.54, 1.807) is 0 Å². The van der Waals surface area contributed by atoms with Gasteiger partial charge in [0.25, 0.3) is 11.8 Å². The summed E-state index contributed by atoms with van der Waals surface area (Å²) < 4.78 is 34.4. The van der Waals surface area contributed by atoms with Gasteiger partial charge in [-0.3, -0.25) is 14.4 Å². The molecule has 2 aromatic carbocycles. The first-order chi connectivity index (χ1) is 16.8. The molecule has 2 aliphatic rings. The van der Waals surface area contributed by atoms with Crippen LogP contribution in [0.2, 0.25) is 0 Å². The fourth-order valence-electron chi connectivity index (χ4n) is 4.61. The minimum atomic E-state index is -1.02. The molecule has 0 unspecified atom stereocenters. The second kappa shape index (κ2) is 8.62. The van der Waals surface area contributed by atoms with E-state index in [1.807, 2.05) is 37.3 Å². The normalized spacial score (nSPS) is 20.9. The summed E-state index contributed by atoms with van der Waals surface area (Å²) in [6, 6.07) is 11.9. The van der Waals surface area contributed by atoms with Crippen LogP contribution in [0.3, 0.4) is 0 Å². The van der Waals surface area contributed by atoms with Gasteiger partial charge in [0.2, 0.25) is 5.43 Å². The summed E-state index contributed by atoms with van der Waals surface area (Å²) in [6.07, 6.45) is 0.121. The Morgan fingerprint density at radius 1 is 1.17 bits per heavy atom. The topological polar surface area (TPSA) is 101 Å². The number of fused-ring (bicyclic) bond motifs is 2. The van der Waals surface area contributed by atoms with Crippen LogP contribution in [0.5, 0.6) is 5.75 Å². The summed E-state index contributed by atoms with van der Waals surface area (Å²) in [5.41, 5.74) is -0.754. The third kappa shape index (κ3) is 3.85. The number of pyridine rings is 1. The molecular weight excluding hydrogens is 460 g/mol. The Labute approximate surface area is 198 Å². The van der Waals surface area contributed by atoms with Gasteiger partial charge in [-0.05, 0) is 18.6 Å². The van der Waals surface area contributed by atoms with Gasteiger partial charge >= 0.3 is 0 Å². The Hall–Kier alpha value is -4.05. The number of hydrogen-bond acceptors (Lipinski definition) is 5. The highest BCUT2D eigenvalue weighted by Gasteiger charge is 2.47. The molecule has 1 saturated heterocycles. The van der Waals surface area contributed by atoms with Gasteiger partial charge in [-0.25, -0.2) is 8.78 Å². The molecule has 2 aliphatic heterocycles. The molecule has 0 saturated carbocycles.